The molecule has 1 saturated carbocycles. The van der Waals surface area contributed by atoms with Crippen molar-refractivity contribution in [3.8, 4) is 5.75 Å². The van der Waals surface area contributed by atoms with Gasteiger partial charge in [0.05, 0.1) is 11.0 Å². The molecule has 1 atom stereocenters. The van der Waals surface area contributed by atoms with E-state index in [0.29, 0.717) is 13.0 Å². The number of para-hydroxylation sites is 1. The normalized spacial score (nSPS) is 17.6. The van der Waals surface area contributed by atoms with E-state index in [9.17, 15) is 28.1 Å². The molecule has 0 saturated heterocycles. The molecule has 0 aliphatic heterocycles. The predicted octanol–water partition coefficient (Wildman–Crippen LogP) is 4.55. The van der Waals surface area contributed by atoms with Crippen LogP contribution in [-0.2, 0) is 17.8 Å². The quantitative estimate of drug-likeness (QED) is 0.176. The Morgan fingerprint density at radius 3 is 2.45 bits per heavy atom. The number of hydrogen-bond donors (Lipinski definition) is 4. The molecule has 1 aromatic heterocycles. The number of carbonyl (C=O) groups excluding carboxylic acids is 1. The Hall–Kier alpha value is -4.46. The van der Waals surface area contributed by atoms with Crippen LogP contribution in [0.5, 0.6) is 5.75 Å². The number of alkyl halides is 3. The zero-order valence-electron chi connectivity index (χ0n) is 22.6. The van der Waals surface area contributed by atoms with Crippen LogP contribution in [0.15, 0.2) is 60.8 Å². The fourth-order valence-corrected chi connectivity index (χ4v) is 4.79. The van der Waals surface area contributed by atoms with Crippen molar-refractivity contribution in [3.63, 3.8) is 0 Å². The molecule has 5 N–H and O–H groups in total. The zero-order valence-corrected chi connectivity index (χ0v) is 22.6. The summed E-state index contributed by atoms with van der Waals surface area (Å²) in [5, 5.41) is 20.4. The van der Waals surface area contributed by atoms with E-state index in [-0.39, 0.29) is 53.2 Å². The molecule has 1 aliphatic rings. The maximum Gasteiger partial charge on any atom is 0.573 e. The molecule has 2 aromatic carbocycles. The highest BCUT2D eigenvalue weighted by Gasteiger charge is 2.32. The highest BCUT2D eigenvalue weighted by atomic mass is 19.4. The van der Waals surface area contributed by atoms with Crippen LogP contribution in [0.3, 0.4) is 0 Å². The fourth-order valence-electron chi connectivity index (χ4n) is 4.79. The molecule has 1 aliphatic carbocycles. The molecule has 11 nitrogen and oxygen atoms in total. The lowest BCUT2D eigenvalue weighted by Crippen LogP contribution is -2.47. The smallest absolute Gasteiger partial charge is 0.405 e. The molecule has 1 fully saturated rings. The van der Waals surface area contributed by atoms with Crippen molar-refractivity contribution in [1.29, 1.82) is 0 Å². The average molecular weight is 588 g/mol. The van der Waals surface area contributed by atoms with Crippen LogP contribution in [-0.4, -0.2) is 45.8 Å². The van der Waals surface area contributed by atoms with Crippen molar-refractivity contribution < 1.29 is 27.6 Å². The Kier molecular flexibility index (Phi) is 10.1. The van der Waals surface area contributed by atoms with Crippen LogP contribution >= 0.6 is 0 Å². The molecule has 14 heteroatoms. The van der Waals surface area contributed by atoms with Gasteiger partial charge in [-0.2, -0.15) is 4.98 Å². The lowest BCUT2D eigenvalue weighted by molar-refractivity contribution is -0.384. The number of amides is 1. The summed E-state index contributed by atoms with van der Waals surface area (Å²) in [6, 6.07) is 14.5. The molecule has 0 spiro atoms. The van der Waals surface area contributed by atoms with E-state index < -0.39 is 17.3 Å². The number of ether oxygens (including phenoxy) is 1. The molecular weight excluding hydrogens is 555 g/mol. The van der Waals surface area contributed by atoms with E-state index in [1.165, 1.54) is 18.2 Å². The largest absolute Gasteiger partial charge is 0.573 e. The topological polar surface area (TPSA) is 157 Å². The second-order valence-electron chi connectivity index (χ2n) is 10.1. The number of nitro groups is 1. The maximum absolute atomic E-state index is 12.7. The summed E-state index contributed by atoms with van der Waals surface area (Å²) in [6.07, 6.45) is -0.299. The number of carbonyl (C=O) groups is 1. The lowest BCUT2D eigenvalue weighted by atomic mass is 9.86. The van der Waals surface area contributed by atoms with E-state index in [2.05, 4.69) is 30.7 Å². The Morgan fingerprint density at radius 2 is 1.76 bits per heavy atom. The van der Waals surface area contributed by atoms with Crippen LogP contribution in [0.25, 0.3) is 0 Å². The summed E-state index contributed by atoms with van der Waals surface area (Å²) in [7, 11) is 0. The highest BCUT2D eigenvalue weighted by molar-refractivity contribution is 5.82. The van der Waals surface area contributed by atoms with Crippen molar-refractivity contribution in [2.24, 2.45) is 11.7 Å². The molecule has 3 aromatic rings. The molecule has 1 amide bonds. The third kappa shape index (κ3) is 9.03. The second kappa shape index (κ2) is 13.9. The highest BCUT2D eigenvalue weighted by Crippen LogP contribution is 2.29. The lowest BCUT2D eigenvalue weighted by Gasteiger charge is -2.30. The summed E-state index contributed by atoms with van der Waals surface area (Å²) in [4.78, 5) is 31.6. The first kappa shape index (κ1) is 30.5. The SMILES string of the molecule is N[C@@H](Cc1ccccc1)C(=O)NC1CCC(CNc2nc(NCc3ccccc3OC(F)(F)F)ncc2[N+](=O)[O-])CC1. The minimum absolute atomic E-state index is 0.000335. The van der Waals surface area contributed by atoms with Gasteiger partial charge in [-0.3, -0.25) is 14.9 Å². The van der Waals surface area contributed by atoms with Gasteiger partial charge in [-0.05, 0) is 49.7 Å². The Balaban J connectivity index is 1.28. The van der Waals surface area contributed by atoms with Gasteiger partial charge < -0.3 is 26.4 Å². The average Bonchev–Trinajstić information content (AvgIpc) is 2.96. The first-order valence-corrected chi connectivity index (χ1v) is 13.5. The van der Waals surface area contributed by atoms with Crippen LogP contribution in [0.2, 0.25) is 0 Å². The van der Waals surface area contributed by atoms with Gasteiger partial charge in [0.2, 0.25) is 17.7 Å². The fraction of sp³-hybridized carbons (Fsp3) is 0.393. The van der Waals surface area contributed by atoms with Gasteiger partial charge in [0.15, 0.2) is 0 Å². The summed E-state index contributed by atoms with van der Waals surface area (Å²) in [5.74, 6) is -0.372. The van der Waals surface area contributed by atoms with E-state index in [0.717, 1.165) is 37.4 Å². The van der Waals surface area contributed by atoms with E-state index in [4.69, 9.17) is 5.73 Å². The van der Waals surface area contributed by atoms with Gasteiger partial charge >= 0.3 is 12.0 Å². The summed E-state index contributed by atoms with van der Waals surface area (Å²) < 4.78 is 42.2. The molecule has 1 heterocycles. The molecule has 4 rings (SSSR count). The first-order chi connectivity index (χ1) is 20.1. The van der Waals surface area contributed by atoms with Crippen LogP contribution in [0, 0.1) is 16.0 Å². The minimum Gasteiger partial charge on any atom is -0.405 e. The monoisotopic (exact) mass is 587 g/mol. The van der Waals surface area contributed by atoms with Crippen LogP contribution in [0.4, 0.5) is 30.6 Å². The number of anilines is 2. The Labute approximate surface area is 240 Å². The third-order valence-corrected chi connectivity index (χ3v) is 6.99. The maximum atomic E-state index is 12.7. The van der Waals surface area contributed by atoms with Crippen molar-refractivity contribution in [3.05, 3.63) is 82.0 Å². The van der Waals surface area contributed by atoms with Gasteiger partial charge in [-0.25, -0.2) is 4.98 Å². The van der Waals surface area contributed by atoms with Gasteiger partial charge in [0.25, 0.3) is 0 Å². The summed E-state index contributed by atoms with van der Waals surface area (Å²) >= 11 is 0. The molecule has 0 unspecified atom stereocenters. The number of nitrogens with one attached hydrogen (secondary N) is 3. The predicted molar refractivity (Wildman–Crippen MR) is 150 cm³/mol. The molecule has 224 valence electrons. The van der Waals surface area contributed by atoms with E-state index >= 15 is 0 Å². The van der Waals surface area contributed by atoms with E-state index in [1.807, 2.05) is 30.3 Å². The van der Waals surface area contributed by atoms with Gasteiger partial charge in [0, 0.05) is 24.7 Å². The number of rotatable bonds is 12. The van der Waals surface area contributed by atoms with Gasteiger partial charge in [-0.1, -0.05) is 48.5 Å². The third-order valence-electron chi connectivity index (χ3n) is 6.99. The van der Waals surface area contributed by atoms with Gasteiger partial charge in [0.1, 0.15) is 11.9 Å². The van der Waals surface area contributed by atoms with Crippen molar-refractivity contribution in [2.75, 3.05) is 17.2 Å². The zero-order chi connectivity index (χ0) is 30.1. The number of aromatic nitrogens is 2. The summed E-state index contributed by atoms with van der Waals surface area (Å²) in [5.41, 5.74) is 6.97. The Morgan fingerprint density at radius 1 is 1.07 bits per heavy atom. The number of benzene rings is 2. The van der Waals surface area contributed by atoms with Crippen molar-refractivity contribution in [2.45, 2.75) is 57.1 Å². The van der Waals surface area contributed by atoms with E-state index in [1.54, 1.807) is 6.07 Å². The Bertz CT molecular complexity index is 1350. The second-order valence-corrected chi connectivity index (χ2v) is 10.1. The number of hydrogen-bond acceptors (Lipinski definition) is 9. The number of nitrogens with two attached hydrogens (primary N) is 1. The van der Waals surface area contributed by atoms with Crippen molar-refractivity contribution >= 4 is 23.4 Å². The first-order valence-electron chi connectivity index (χ1n) is 13.5. The minimum atomic E-state index is -4.85. The van der Waals surface area contributed by atoms with Crippen LogP contribution < -0.4 is 26.4 Å². The standard InChI is InChI=1S/C28H32F3N7O4/c29-28(30,31)42-24-9-5-4-8-20(24)16-34-27-35-17-23(38(40)41)25(37-27)33-15-19-10-12-21(13-11-19)36-26(39)22(32)14-18-6-2-1-3-7-18/h1-9,17,19,21-22H,10-16,32H2,(H,36,39)(H2,33,34,35,37)/t19?,21?,22-/m0/s1. The molecule has 0 bridgehead atoms. The van der Waals surface area contributed by atoms with Gasteiger partial charge in [-0.15, -0.1) is 13.2 Å². The van der Waals surface area contributed by atoms with Crippen molar-refractivity contribution in [1.82, 2.24) is 15.3 Å². The van der Waals surface area contributed by atoms with Crippen LogP contribution in [0.1, 0.15) is 36.8 Å². The number of nitrogens with zero attached hydrogens (tertiary/aromatic N) is 3. The number of halogens is 3. The molecular formula is C28H32F3N7O4. The summed E-state index contributed by atoms with van der Waals surface area (Å²) in [6.45, 7) is 0.308. The molecule has 42 heavy (non-hydrogen) atoms. The molecule has 0 radical (unpaired) electrons.